The Labute approximate surface area is 154 Å². The van der Waals surface area contributed by atoms with Crippen LogP contribution in [-0.2, 0) is 14.3 Å². The lowest BCUT2D eigenvalue weighted by atomic mass is 9.79. The molecular formula is C20H27ClO4. The Morgan fingerprint density at radius 1 is 1.12 bits per heavy atom. The standard InChI is InChI=1S/C20H27ClO4/c1-14(2)8-7-13-24-19(22)15-9-3-4-10-16(15)20(23)25-18-12-6-5-11-17(18)21/h5-6,11-12,14-16H,3-4,7-10,13H2,1-2H3. The highest BCUT2D eigenvalue weighted by molar-refractivity contribution is 6.32. The van der Waals surface area contributed by atoms with Crippen molar-refractivity contribution in [3.05, 3.63) is 29.3 Å². The van der Waals surface area contributed by atoms with E-state index in [0.29, 0.717) is 36.1 Å². The maximum absolute atomic E-state index is 12.6. The average molecular weight is 367 g/mol. The van der Waals surface area contributed by atoms with Gasteiger partial charge in [0.05, 0.1) is 23.5 Å². The topological polar surface area (TPSA) is 52.6 Å². The molecule has 0 radical (unpaired) electrons. The van der Waals surface area contributed by atoms with Crippen molar-refractivity contribution in [3.8, 4) is 5.75 Å². The summed E-state index contributed by atoms with van der Waals surface area (Å²) in [6.45, 7) is 4.70. The summed E-state index contributed by atoms with van der Waals surface area (Å²) >= 11 is 6.05. The van der Waals surface area contributed by atoms with E-state index in [1.54, 1.807) is 24.3 Å². The highest BCUT2D eigenvalue weighted by Crippen LogP contribution is 2.33. The molecule has 0 spiro atoms. The largest absolute Gasteiger partial charge is 0.465 e. The summed E-state index contributed by atoms with van der Waals surface area (Å²) in [7, 11) is 0. The molecule has 1 aliphatic rings. The second-order valence-electron chi connectivity index (χ2n) is 7.05. The van der Waals surface area contributed by atoms with E-state index >= 15 is 0 Å². The van der Waals surface area contributed by atoms with Gasteiger partial charge in [0.1, 0.15) is 5.75 Å². The molecule has 0 saturated heterocycles. The quantitative estimate of drug-likeness (QED) is 0.385. The number of carbonyl (C=O) groups is 2. The van der Waals surface area contributed by atoms with Crippen LogP contribution >= 0.6 is 11.6 Å². The van der Waals surface area contributed by atoms with Gasteiger partial charge in [0.2, 0.25) is 0 Å². The minimum absolute atomic E-state index is 0.274. The van der Waals surface area contributed by atoms with Gasteiger partial charge in [0, 0.05) is 0 Å². The first-order valence-electron chi connectivity index (χ1n) is 9.12. The number of hydrogen-bond donors (Lipinski definition) is 0. The first-order chi connectivity index (χ1) is 12.0. The molecule has 1 aliphatic carbocycles. The second-order valence-corrected chi connectivity index (χ2v) is 7.46. The van der Waals surface area contributed by atoms with E-state index in [1.165, 1.54) is 0 Å². The minimum Gasteiger partial charge on any atom is -0.465 e. The van der Waals surface area contributed by atoms with E-state index in [9.17, 15) is 9.59 Å². The zero-order valence-corrected chi connectivity index (χ0v) is 15.8. The molecule has 1 saturated carbocycles. The van der Waals surface area contributed by atoms with Crippen molar-refractivity contribution >= 4 is 23.5 Å². The third-order valence-corrected chi connectivity index (χ3v) is 4.90. The molecule has 1 fully saturated rings. The van der Waals surface area contributed by atoms with Gasteiger partial charge < -0.3 is 9.47 Å². The summed E-state index contributed by atoms with van der Waals surface area (Å²) in [5.74, 6) is -0.609. The van der Waals surface area contributed by atoms with E-state index in [0.717, 1.165) is 25.7 Å². The van der Waals surface area contributed by atoms with E-state index < -0.39 is 17.8 Å². The summed E-state index contributed by atoms with van der Waals surface area (Å²) in [5, 5.41) is 0.388. The van der Waals surface area contributed by atoms with Crippen molar-refractivity contribution in [1.29, 1.82) is 0 Å². The highest BCUT2D eigenvalue weighted by atomic mass is 35.5. The Bertz CT molecular complexity index is 585. The van der Waals surface area contributed by atoms with Crippen molar-refractivity contribution in [3.63, 3.8) is 0 Å². The number of hydrogen-bond acceptors (Lipinski definition) is 4. The first kappa shape index (κ1) is 19.8. The van der Waals surface area contributed by atoms with Crippen LogP contribution in [0.15, 0.2) is 24.3 Å². The van der Waals surface area contributed by atoms with E-state index in [1.807, 2.05) is 0 Å². The molecule has 1 aromatic carbocycles. The monoisotopic (exact) mass is 366 g/mol. The smallest absolute Gasteiger partial charge is 0.315 e. The van der Waals surface area contributed by atoms with Gasteiger partial charge in [-0.05, 0) is 43.7 Å². The van der Waals surface area contributed by atoms with Crippen LogP contribution in [0.5, 0.6) is 5.75 Å². The van der Waals surface area contributed by atoms with Gasteiger partial charge in [0.15, 0.2) is 0 Å². The zero-order valence-electron chi connectivity index (χ0n) is 15.0. The molecule has 4 nitrogen and oxygen atoms in total. The summed E-state index contributed by atoms with van der Waals surface area (Å²) in [6.07, 6.45) is 5.04. The van der Waals surface area contributed by atoms with Crippen LogP contribution in [0, 0.1) is 17.8 Å². The van der Waals surface area contributed by atoms with Gasteiger partial charge in [-0.25, -0.2) is 0 Å². The fourth-order valence-electron chi connectivity index (χ4n) is 3.18. The Morgan fingerprint density at radius 3 is 2.40 bits per heavy atom. The lowest BCUT2D eigenvalue weighted by Gasteiger charge is -2.28. The number of para-hydroxylation sites is 1. The van der Waals surface area contributed by atoms with Crippen molar-refractivity contribution < 1.29 is 19.1 Å². The molecule has 2 atom stereocenters. The molecule has 0 aromatic heterocycles. The van der Waals surface area contributed by atoms with Crippen molar-refractivity contribution in [2.24, 2.45) is 17.8 Å². The Balaban J connectivity index is 1.93. The van der Waals surface area contributed by atoms with Crippen LogP contribution in [0.1, 0.15) is 52.4 Å². The summed E-state index contributed by atoms with van der Waals surface area (Å²) in [6, 6.07) is 6.86. The number of rotatable bonds is 7. The van der Waals surface area contributed by atoms with Crippen LogP contribution in [-0.4, -0.2) is 18.5 Å². The van der Waals surface area contributed by atoms with Gasteiger partial charge in [-0.15, -0.1) is 0 Å². The third-order valence-electron chi connectivity index (χ3n) is 4.59. The predicted octanol–water partition coefficient (Wildman–Crippen LogP) is 5.03. The molecule has 138 valence electrons. The normalized spacial score (nSPS) is 20.3. The lowest BCUT2D eigenvalue weighted by Crippen LogP contribution is -2.36. The highest BCUT2D eigenvalue weighted by Gasteiger charge is 2.38. The molecule has 2 rings (SSSR count). The van der Waals surface area contributed by atoms with Crippen LogP contribution in [0.3, 0.4) is 0 Å². The number of benzene rings is 1. The van der Waals surface area contributed by atoms with Gasteiger partial charge in [0.25, 0.3) is 0 Å². The predicted molar refractivity (Wildman–Crippen MR) is 97.6 cm³/mol. The summed E-state index contributed by atoms with van der Waals surface area (Å²) < 4.78 is 10.9. The van der Waals surface area contributed by atoms with Crippen molar-refractivity contribution in [1.82, 2.24) is 0 Å². The molecule has 0 bridgehead atoms. The van der Waals surface area contributed by atoms with E-state index in [-0.39, 0.29) is 5.97 Å². The average Bonchev–Trinajstić information content (AvgIpc) is 2.60. The number of halogens is 1. The maximum Gasteiger partial charge on any atom is 0.315 e. The molecule has 5 heteroatoms. The van der Waals surface area contributed by atoms with Crippen molar-refractivity contribution in [2.45, 2.75) is 52.4 Å². The van der Waals surface area contributed by atoms with Crippen LogP contribution in [0.4, 0.5) is 0 Å². The van der Waals surface area contributed by atoms with Gasteiger partial charge >= 0.3 is 11.9 Å². The molecular weight excluding hydrogens is 340 g/mol. The Kier molecular flexibility index (Phi) is 7.76. The molecule has 0 aliphatic heterocycles. The van der Waals surface area contributed by atoms with Crippen LogP contribution in [0.2, 0.25) is 5.02 Å². The van der Waals surface area contributed by atoms with Gasteiger partial charge in [-0.3, -0.25) is 9.59 Å². The molecule has 2 unspecified atom stereocenters. The van der Waals surface area contributed by atoms with E-state index in [2.05, 4.69) is 13.8 Å². The van der Waals surface area contributed by atoms with Crippen LogP contribution in [0.25, 0.3) is 0 Å². The zero-order chi connectivity index (χ0) is 18.2. The first-order valence-corrected chi connectivity index (χ1v) is 9.49. The van der Waals surface area contributed by atoms with Gasteiger partial charge in [-0.1, -0.05) is 50.4 Å². The maximum atomic E-state index is 12.6. The molecule has 25 heavy (non-hydrogen) atoms. The minimum atomic E-state index is -0.456. The van der Waals surface area contributed by atoms with Crippen LogP contribution < -0.4 is 4.74 Å². The van der Waals surface area contributed by atoms with E-state index in [4.69, 9.17) is 21.1 Å². The molecule has 1 aromatic rings. The third kappa shape index (κ3) is 6.03. The number of carbonyl (C=O) groups excluding carboxylic acids is 2. The second kappa shape index (κ2) is 9.81. The van der Waals surface area contributed by atoms with Gasteiger partial charge in [-0.2, -0.15) is 0 Å². The summed E-state index contributed by atoms with van der Waals surface area (Å²) in [5.41, 5.74) is 0. The fourth-order valence-corrected chi connectivity index (χ4v) is 3.35. The SMILES string of the molecule is CC(C)CCCOC(=O)C1CCCCC1C(=O)Oc1ccccc1Cl. The fraction of sp³-hybridized carbons (Fsp3) is 0.600. The lowest BCUT2D eigenvalue weighted by molar-refractivity contribution is -0.158. The molecule has 0 N–H and O–H groups in total. The number of ether oxygens (including phenoxy) is 2. The summed E-state index contributed by atoms with van der Waals surface area (Å²) in [4.78, 5) is 25.0. The molecule has 0 heterocycles. The Morgan fingerprint density at radius 2 is 1.76 bits per heavy atom. The Hall–Kier alpha value is -1.55. The number of esters is 2. The van der Waals surface area contributed by atoms with Crippen molar-refractivity contribution in [2.75, 3.05) is 6.61 Å². The molecule has 0 amide bonds.